The topological polar surface area (TPSA) is 58.6 Å². The second-order valence-corrected chi connectivity index (χ2v) is 8.68. The quantitative estimate of drug-likeness (QED) is 0.479. The molecule has 8 heteroatoms. The number of carbonyl (C=O) groups excluding carboxylic acids is 2. The highest BCUT2D eigenvalue weighted by atomic mass is 35.5. The Bertz CT molecular complexity index is 857. The van der Waals surface area contributed by atoms with Crippen LogP contribution >= 0.6 is 35.0 Å². The largest absolute Gasteiger partial charge is 0.497 e. The van der Waals surface area contributed by atoms with Crippen LogP contribution in [0.3, 0.4) is 0 Å². The first kappa shape index (κ1) is 25.4. The minimum atomic E-state index is -0.596. The number of hydrogen-bond acceptors (Lipinski definition) is 4. The molecule has 0 fully saturated rings. The van der Waals surface area contributed by atoms with Gasteiger partial charge in [0.05, 0.1) is 12.9 Å². The number of benzene rings is 2. The fourth-order valence-electron chi connectivity index (χ4n) is 3.13. The molecule has 0 aromatic heterocycles. The molecular formula is C23H28Cl2N2O3S. The van der Waals surface area contributed by atoms with Gasteiger partial charge in [-0.15, -0.1) is 11.8 Å². The molecule has 0 heterocycles. The van der Waals surface area contributed by atoms with E-state index in [1.165, 1.54) is 11.8 Å². The molecule has 2 aromatic rings. The zero-order valence-electron chi connectivity index (χ0n) is 18.0. The zero-order chi connectivity index (χ0) is 22.8. The number of thioether (sulfide) groups is 1. The van der Waals surface area contributed by atoms with Crippen LogP contribution in [0.4, 0.5) is 0 Å². The molecule has 0 bridgehead atoms. The van der Waals surface area contributed by atoms with Crippen molar-refractivity contribution in [2.45, 2.75) is 38.6 Å². The van der Waals surface area contributed by atoms with Gasteiger partial charge in [-0.1, -0.05) is 48.3 Å². The van der Waals surface area contributed by atoms with Crippen LogP contribution in [0.5, 0.6) is 5.75 Å². The highest BCUT2D eigenvalue weighted by Gasteiger charge is 2.29. The molecule has 0 unspecified atom stereocenters. The Balaban J connectivity index is 2.15. The van der Waals surface area contributed by atoms with Crippen LogP contribution in [0.2, 0.25) is 10.0 Å². The van der Waals surface area contributed by atoms with Gasteiger partial charge in [-0.3, -0.25) is 9.59 Å². The lowest BCUT2D eigenvalue weighted by molar-refractivity contribution is -0.139. The maximum Gasteiger partial charge on any atom is 0.242 e. The van der Waals surface area contributed by atoms with Crippen molar-refractivity contribution in [3.8, 4) is 5.75 Å². The number of amides is 2. The Labute approximate surface area is 198 Å². The third-order valence-electron chi connectivity index (χ3n) is 4.78. The Morgan fingerprint density at radius 2 is 1.74 bits per heavy atom. The van der Waals surface area contributed by atoms with Crippen LogP contribution in [0.25, 0.3) is 0 Å². The van der Waals surface area contributed by atoms with Gasteiger partial charge in [-0.25, -0.2) is 0 Å². The molecule has 31 heavy (non-hydrogen) atoms. The second-order valence-electron chi connectivity index (χ2n) is 6.88. The lowest BCUT2D eigenvalue weighted by Gasteiger charge is -2.31. The summed E-state index contributed by atoms with van der Waals surface area (Å²) in [5, 5.41) is 3.77. The van der Waals surface area contributed by atoms with Crippen molar-refractivity contribution in [2.75, 3.05) is 19.4 Å². The van der Waals surface area contributed by atoms with Crippen molar-refractivity contribution >= 4 is 46.8 Å². The first-order chi connectivity index (χ1) is 14.9. The van der Waals surface area contributed by atoms with Crippen molar-refractivity contribution < 1.29 is 14.3 Å². The molecule has 0 aliphatic rings. The van der Waals surface area contributed by atoms with E-state index in [1.54, 1.807) is 30.2 Å². The van der Waals surface area contributed by atoms with E-state index in [1.807, 2.05) is 38.1 Å². The number of halogens is 2. The van der Waals surface area contributed by atoms with Gasteiger partial charge in [0.25, 0.3) is 0 Å². The van der Waals surface area contributed by atoms with E-state index in [9.17, 15) is 9.59 Å². The third-order valence-corrected chi connectivity index (χ3v) is 6.48. The molecule has 0 radical (unpaired) electrons. The smallest absolute Gasteiger partial charge is 0.242 e. The molecule has 2 rings (SSSR count). The third kappa shape index (κ3) is 7.34. The number of carbonyl (C=O) groups is 2. The van der Waals surface area contributed by atoms with Crippen LogP contribution in [0.1, 0.15) is 31.4 Å². The van der Waals surface area contributed by atoms with Gasteiger partial charge in [-0.05, 0) is 43.2 Å². The Hall–Kier alpha value is -1.89. The Morgan fingerprint density at radius 3 is 2.29 bits per heavy atom. The van der Waals surface area contributed by atoms with Gasteiger partial charge >= 0.3 is 0 Å². The van der Waals surface area contributed by atoms with E-state index in [-0.39, 0.29) is 24.1 Å². The van der Waals surface area contributed by atoms with E-state index in [0.717, 1.165) is 11.3 Å². The van der Waals surface area contributed by atoms with Crippen LogP contribution in [-0.4, -0.2) is 42.2 Å². The number of nitrogens with one attached hydrogen (secondary N) is 1. The average molecular weight is 483 g/mol. The average Bonchev–Trinajstić information content (AvgIpc) is 2.76. The number of methoxy groups -OCH3 is 1. The minimum absolute atomic E-state index is 0.132. The Morgan fingerprint density at radius 1 is 1.10 bits per heavy atom. The molecule has 0 spiro atoms. The molecule has 1 N–H and O–H groups in total. The van der Waals surface area contributed by atoms with Crippen molar-refractivity contribution in [1.82, 2.24) is 10.2 Å². The van der Waals surface area contributed by atoms with Crippen molar-refractivity contribution in [1.29, 1.82) is 0 Å². The van der Waals surface area contributed by atoms with Crippen molar-refractivity contribution in [2.24, 2.45) is 0 Å². The summed E-state index contributed by atoms with van der Waals surface area (Å²) in [4.78, 5) is 27.4. The Kier molecular flexibility index (Phi) is 10.5. The fraction of sp³-hybridized carbons (Fsp3) is 0.391. The molecule has 0 saturated heterocycles. The highest BCUT2D eigenvalue weighted by Crippen LogP contribution is 2.27. The summed E-state index contributed by atoms with van der Waals surface area (Å²) >= 11 is 14.2. The first-order valence-corrected chi connectivity index (χ1v) is 12.0. The van der Waals surface area contributed by atoms with Crippen molar-refractivity contribution in [3.63, 3.8) is 0 Å². The monoisotopic (exact) mass is 482 g/mol. The van der Waals surface area contributed by atoms with Crippen LogP contribution < -0.4 is 10.1 Å². The lowest BCUT2D eigenvalue weighted by Crippen LogP contribution is -2.49. The predicted molar refractivity (Wildman–Crippen MR) is 129 cm³/mol. The maximum atomic E-state index is 13.2. The normalized spacial score (nSPS) is 11.6. The van der Waals surface area contributed by atoms with Gasteiger partial charge in [0.15, 0.2) is 0 Å². The number of likely N-dealkylation sites (N-methyl/N-ethyl adjacent to an activating group) is 1. The van der Waals surface area contributed by atoms with E-state index in [2.05, 4.69) is 5.32 Å². The molecule has 0 aliphatic carbocycles. The molecule has 0 saturated carbocycles. The zero-order valence-corrected chi connectivity index (χ0v) is 20.3. The molecule has 5 nitrogen and oxygen atoms in total. The molecule has 2 aromatic carbocycles. The summed E-state index contributed by atoms with van der Waals surface area (Å²) in [6, 6.07) is 12.4. The van der Waals surface area contributed by atoms with Crippen LogP contribution in [-0.2, 0) is 21.9 Å². The second kappa shape index (κ2) is 12.8. The summed E-state index contributed by atoms with van der Waals surface area (Å²) < 4.78 is 5.17. The SMILES string of the molecule is CCNC(=O)[C@H](CC)N(Cc1c(Cl)cccc1Cl)C(=O)CSCc1ccc(OC)cc1. The van der Waals surface area contributed by atoms with Gasteiger partial charge in [0, 0.05) is 34.5 Å². The van der Waals surface area contributed by atoms with Gasteiger partial charge in [0.2, 0.25) is 11.8 Å². The predicted octanol–water partition coefficient (Wildman–Crippen LogP) is 5.18. The fourth-order valence-corrected chi connectivity index (χ4v) is 4.51. The van der Waals surface area contributed by atoms with Gasteiger partial charge in [0.1, 0.15) is 11.8 Å². The molecule has 1 atom stereocenters. The van der Waals surface area contributed by atoms with E-state index in [0.29, 0.717) is 34.3 Å². The molecular weight excluding hydrogens is 455 g/mol. The lowest BCUT2D eigenvalue weighted by atomic mass is 10.1. The molecule has 2 amide bonds. The summed E-state index contributed by atoms with van der Waals surface area (Å²) in [7, 11) is 1.63. The van der Waals surface area contributed by atoms with Crippen LogP contribution in [0, 0.1) is 0 Å². The van der Waals surface area contributed by atoms with Crippen LogP contribution in [0.15, 0.2) is 42.5 Å². The maximum absolute atomic E-state index is 13.2. The van der Waals surface area contributed by atoms with E-state index >= 15 is 0 Å². The number of ether oxygens (including phenoxy) is 1. The number of hydrogen-bond donors (Lipinski definition) is 1. The first-order valence-electron chi connectivity index (χ1n) is 10.1. The van der Waals surface area contributed by atoms with Crippen molar-refractivity contribution in [3.05, 3.63) is 63.6 Å². The van der Waals surface area contributed by atoms with Gasteiger partial charge in [-0.2, -0.15) is 0 Å². The minimum Gasteiger partial charge on any atom is -0.497 e. The standard InChI is InChI=1S/C23H28Cl2N2O3S/c1-4-21(23(29)26-5-2)27(13-18-19(24)7-6-8-20(18)25)22(28)15-31-14-16-9-11-17(30-3)12-10-16/h6-12,21H,4-5,13-15H2,1-3H3,(H,26,29)/t21-/m0/s1. The summed E-state index contributed by atoms with van der Waals surface area (Å²) in [5.41, 5.74) is 1.73. The molecule has 168 valence electrons. The highest BCUT2D eigenvalue weighted by molar-refractivity contribution is 7.99. The molecule has 0 aliphatic heterocycles. The number of nitrogens with zero attached hydrogens (tertiary/aromatic N) is 1. The van der Waals surface area contributed by atoms with E-state index < -0.39 is 6.04 Å². The summed E-state index contributed by atoms with van der Waals surface area (Å²) in [5.74, 6) is 1.40. The van der Waals surface area contributed by atoms with E-state index in [4.69, 9.17) is 27.9 Å². The summed E-state index contributed by atoms with van der Waals surface area (Å²) in [6.07, 6.45) is 0.489. The number of rotatable bonds is 11. The summed E-state index contributed by atoms with van der Waals surface area (Å²) in [6.45, 7) is 4.41. The van der Waals surface area contributed by atoms with Gasteiger partial charge < -0.3 is 15.0 Å².